The predicted molar refractivity (Wildman–Crippen MR) is 432 cm³/mol. The second kappa shape index (κ2) is 50.7. The lowest BCUT2D eigenvalue weighted by molar-refractivity contribution is -0.412. The van der Waals surface area contributed by atoms with Crippen LogP contribution in [0.25, 0.3) is 0 Å². The van der Waals surface area contributed by atoms with Crippen molar-refractivity contribution in [3.05, 3.63) is 0 Å². The Labute approximate surface area is 792 Å². The van der Waals surface area contributed by atoms with Crippen molar-refractivity contribution in [3.63, 3.8) is 0 Å². The maximum absolute atomic E-state index is 13.7. The number of amides is 6. The third-order valence-electron chi connectivity index (χ3n) is 25.4. The summed E-state index contributed by atoms with van der Waals surface area (Å²) >= 11 is 0. The SMILES string of the molecule is CC(=O)N[C@H]1[C@H](O[C@H]2[C@H](O)[C@@H](NC(C)=O)[C@H](O[C@H]3[C@H](O)[C@@H](NC(C)=O)C(O)O[C@@H]3CO)O[C@@H]2CO)O[C@H](CO)[C@@H](O[C@@H]2O[C@H](CO[C@H]3O[C@H](CO[C@H]4O[C@H](CO)[C@@H](O)[C@H](O)[C@@H]4O)[C@@H](O)[C@H](O[C@H]4O[C@H](CO)[C@@H](O)[C@H](O)[C@@H]4O)[C@@H]3O)[C@@H](O[C@@H]3O[C@H](CO)[C@@H](O)[C@H](O)[C@H]3NC(C)=O)[C@H](O[C@H]3O[C@H](CO)[C@@H](O[C@@H]4O[C@H](CO)[C@@H](O)[C@H](O)[C@H]4NC(C)=O)[C@H](O)[C@@H]3O[C@@H]3O[C@H](CO)[C@@H](O)[C@H](O)[C@H]3NC(C)=O)[C@@H]2O)[C@@H]1O. The molecule has 1 unspecified atom stereocenters. The van der Waals surface area contributed by atoms with Crippen LogP contribution in [-0.4, -0.2) is 594 Å². The fraction of sp³-hybridized carbons (Fsp3) is 0.923. The molecule has 0 radical (unpaired) electrons. The molecule has 11 aliphatic rings. The zero-order valence-electron chi connectivity index (χ0n) is 75.5. The molecule has 140 heavy (non-hydrogen) atoms. The van der Waals surface area contributed by atoms with E-state index >= 15 is 0 Å². The fourth-order valence-corrected chi connectivity index (χ4v) is 18.1. The Morgan fingerprint density at radius 2 is 0.414 bits per heavy atom. The molecule has 0 aromatic heterocycles. The Bertz CT molecular complexity index is 3920. The number of carbonyl (C=O) groups is 6. The molecule has 11 heterocycles. The van der Waals surface area contributed by atoms with Crippen LogP contribution < -0.4 is 31.9 Å². The summed E-state index contributed by atoms with van der Waals surface area (Å²) < 4.78 is 129. The van der Waals surface area contributed by atoms with Crippen molar-refractivity contribution in [3.8, 4) is 0 Å². The number of aliphatic hydroxyl groups is 29. The van der Waals surface area contributed by atoms with Gasteiger partial charge in [0.15, 0.2) is 69.2 Å². The van der Waals surface area contributed by atoms with Crippen molar-refractivity contribution in [1.82, 2.24) is 31.9 Å². The van der Waals surface area contributed by atoms with Gasteiger partial charge in [0.25, 0.3) is 0 Å². The van der Waals surface area contributed by atoms with E-state index < -0.39 is 446 Å². The van der Waals surface area contributed by atoms with Crippen LogP contribution >= 0.6 is 0 Å². The van der Waals surface area contributed by atoms with Crippen molar-refractivity contribution < 1.29 is 276 Å². The molecule has 55 atom stereocenters. The average Bonchev–Trinajstić information content (AvgIpc) is 0.759. The van der Waals surface area contributed by atoms with E-state index in [1.807, 2.05) is 0 Å². The van der Waals surface area contributed by atoms with Gasteiger partial charge in [-0.25, -0.2) is 0 Å². The van der Waals surface area contributed by atoms with Crippen LogP contribution in [-0.2, 0) is 128 Å². The third kappa shape index (κ3) is 25.8. The fourth-order valence-electron chi connectivity index (χ4n) is 18.1. The molecule has 11 rings (SSSR count). The highest BCUT2D eigenvalue weighted by Gasteiger charge is 2.64. The van der Waals surface area contributed by atoms with Gasteiger partial charge in [0.1, 0.15) is 268 Å². The highest BCUT2D eigenvalue weighted by Crippen LogP contribution is 2.43. The molecule has 0 aliphatic carbocycles. The highest BCUT2D eigenvalue weighted by molar-refractivity contribution is 5.75. The van der Waals surface area contributed by atoms with Crippen LogP contribution in [0.1, 0.15) is 41.5 Å². The quantitative estimate of drug-likeness (QED) is 0.0275. The molecule has 62 heteroatoms. The Morgan fingerprint density at radius 3 is 0.786 bits per heavy atom. The van der Waals surface area contributed by atoms with Gasteiger partial charge < -0.3 is 279 Å². The van der Waals surface area contributed by atoms with Crippen molar-refractivity contribution in [2.45, 2.75) is 379 Å². The first-order valence-corrected chi connectivity index (χ1v) is 44.6. The minimum absolute atomic E-state index is 0.801. The van der Waals surface area contributed by atoms with E-state index in [9.17, 15) is 177 Å². The lowest BCUT2D eigenvalue weighted by atomic mass is 9.93. The average molecular weight is 2050 g/mol. The standard InChI is InChI=1S/C78H130N6O56/c1-18(94)79-35-50(109)60(29(12-90)122-68(35)119)133-72-39(83-22(5)98)51(110)61(30(13-91)128-72)134-73-40(84-23(6)99)52(111)62(31(14-92)129-73)136-77-59(118)66(139-78-67(140-71-38(82-21(4)97)49(108)43(102)26(9-87)125-71)57(116)63(32(15-93)130-78)135-69-36(80-19(2)95)47(106)41(100)24(7-85)123-69)64(137-70-37(81-20(3)96)48(107)42(101)25(8-86)124-70)34(132-77)17-121-75-58(117)65(138-76-56(115)54(113)45(104)28(11-89)127-76)46(105)33(131-75)16-120-74-55(114)53(112)44(103)27(10-88)126-74/h24-78,85-93,100-119H,7-17H2,1-6H3,(H,79,94)(H,80,95)(H,81,96)(H,82,97)(H,83,98)(H,84,99)/t24-,25-,26-,27-,28-,29-,30-,31-,32-,33-,34-,35-,36-,37-,38-,39-,40-,41-,42-,43-,44-,45-,46-,47-,48-,49-,50-,51-,52-,53+,54+,55+,56+,57+,58+,59+,60-,61-,62-,63-,64-,65+,66-,67+,68?,69+,70+,71+,72+,73+,74+,75+,76-,77+,78-/m1/s1. The second-order valence-electron chi connectivity index (χ2n) is 35.3. The molecule has 6 amide bonds. The van der Waals surface area contributed by atoms with Crippen molar-refractivity contribution in [2.24, 2.45) is 0 Å². The molecule has 0 aromatic carbocycles. The summed E-state index contributed by atoms with van der Waals surface area (Å²) in [7, 11) is 0. The highest BCUT2D eigenvalue weighted by atomic mass is 16.8. The monoisotopic (exact) mass is 2050 g/mol. The number of rotatable bonds is 37. The molecule has 11 saturated heterocycles. The van der Waals surface area contributed by atoms with E-state index in [-0.39, 0.29) is 0 Å². The van der Waals surface area contributed by atoms with Crippen LogP contribution in [0.5, 0.6) is 0 Å². The number of nitrogens with one attached hydrogen (secondary N) is 6. The topological polar surface area (TPSA) is 955 Å². The number of carbonyl (C=O) groups excluding carboxylic acids is 6. The smallest absolute Gasteiger partial charge is 0.217 e. The summed E-state index contributed by atoms with van der Waals surface area (Å²) in [5.41, 5.74) is 0. The minimum Gasteiger partial charge on any atom is -0.394 e. The minimum atomic E-state index is -2.89. The molecule has 0 saturated carbocycles. The molecule has 0 spiro atoms. The number of aliphatic hydroxyl groups excluding tert-OH is 29. The summed E-state index contributed by atoms with van der Waals surface area (Å²) in [5, 5.41) is 344. The summed E-state index contributed by atoms with van der Waals surface area (Å²) in [6.07, 6.45) is -109. The van der Waals surface area contributed by atoms with Crippen molar-refractivity contribution >= 4 is 35.4 Å². The number of hydrogen-bond acceptors (Lipinski definition) is 56. The molecule has 62 nitrogen and oxygen atoms in total. The van der Waals surface area contributed by atoms with Gasteiger partial charge in [-0.3, -0.25) is 28.8 Å². The summed E-state index contributed by atoms with van der Waals surface area (Å²) in [4.78, 5) is 78.1. The van der Waals surface area contributed by atoms with E-state index in [0.29, 0.717) is 0 Å². The number of ether oxygens (including phenoxy) is 21. The summed E-state index contributed by atoms with van der Waals surface area (Å²) in [5.74, 6) is -5.83. The molecule has 11 fully saturated rings. The predicted octanol–water partition coefficient (Wildman–Crippen LogP) is -24.1. The Hall–Kier alpha value is -5.18. The van der Waals surface area contributed by atoms with Gasteiger partial charge in [0, 0.05) is 41.5 Å². The van der Waals surface area contributed by atoms with Crippen molar-refractivity contribution in [1.29, 1.82) is 0 Å². The first kappa shape index (κ1) is 115. The van der Waals surface area contributed by atoms with Gasteiger partial charge in [-0.05, 0) is 0 Å². The maximum Gasteiger partial charge on any atom is 0.217 e. The maximum atomic E-state index is 13.7. The van der Waals surface area contributed by atoms with Crippen molar-refractivity contribution in [2.75, 3.05) is 72.7 Å². The van der Waals surface area contributed by atoms with E-state index in [2.05, 4.69) is 31.9 Å². The van der Waals surface area contributed by atoms with E-state index in [1.165, 1.54) is 0 Å². The first-order valence-electron chi connectivity index (χ1n) is 44.6. The molecule has 0 aromatic rings. The van der Waals surface area contributed by atoms with Crippen LogP contribution in [0.15, 0.2) is 0 Å². The first-order chi connectivity index (χ1) is 66.2. The van der Waals surface area contributed by atoms with Gasteiger partial charge in [-0.2, -0.15) is 0 Å². The largest absolute Gasteiger partial charge is 0.394 e. The van der Waals surface area contributed by atoms with E-state index in [1.54, 1.807) is 0 Å². The molecule has 11 aliphatic heterocycles. The van der Waals surface area contributed by atoms with Gasteiger partial charge in [-0.15, -0.1) is 0 Å². The van der Waals surface area contributed by atoms with Crippen LogP contribution in [0.4, 0.5) is 0 Å². The summed E-state index contributed by atoms with van der Waals surface area (Å²) in [6.45, 7) is -7.71. The summed E-state index contributed by atoms with van der Waals surface area (Å²) in [6, 6.07) is -11.8. The molecular weight excluding hydrogens is 1920 g/mol. The van der Waals surface area contributed by atoms with Gasteiger partial charge >= 0.3 is 0 Å². The van der Waals surface area contributed by atoms with Crippen LogP contribution in [0, 0.1) is 0 Å². The van der Waals surface area contributed by atoms with Gasteiger partial charge in [-0.1, -0.05) is 0 Å². The number of hydrogen-bond donors (Lipinski definition) is 35. The Balaban J connectivity index is 1.04. The van der Waals surface area contributed by atoms with Crippen LogP contribution in [0.2, 0.25) is 0 Å². The van der Waals surface area contributed by atoms with E-state index in [0.717, 1.165) is 41.5 Å². The normalized spacial score (nSPS) is 48.1. The molecule has 35 N–H and O–H groups in total. The lowest BCUT2D eigenvalue weighted by Gasteiger charge is -2.53. The lowest BCUT2D eigenvalue weighted by Crippen LogP contribution is -2.72. The zero-order chi connectivity index (χ0) is 103. The van der Waals surface area contributed by atoms with E-state index in [4.69, 9.17) is 99.5 Å². The second-order valence-corrected chi connectivity index (χ2v) is 35.3. The Morgan fingerprint density at radius 1 is 0.186 bits per heavy atom. The zero-order valence-corrected chi connectivity index (χ0v) is 75.5. The molecule has 0 bridgehead atoms. The van der Waals surface area contributed by atoms with Gasteiger partial charge in [0.05, 0.1) is 72.7 Å². The van der Waals surface area contributed by atoms with Gasteiger partial charge in [0.2, 0.25) is 35.4 Å². The Kier molecular flexibility index (Phi) is 41.7. The third-order valence-corrected chi connectivity index (χ3v) is 25.4. The molecule has 808 valence electrons. The molecular formula is C78H130N6O56. The van der Waals surface area contributed by atoms with Crippen LogP contribution in [0.3, 0.4) is 0 Å².